The number of amides is 1. The van der Waals surface area contributed by atoms with Crippen molar-refractivity contribution in [2.24, 2.45) is 0 Å². The number of phenols is 1. The standard InChI is InChI=1S/C19H21NO3S/c1-2-23-17-5-3-4-15(12-17)19-20(18(22)13-24-19)11-10-14-6-8-16(21)9-7-14/h3-9,12,19,21H,2,10-11,13H2,1H3. The summed E-state index contributed by atoms with van der Waals surface area (Å²) in [6.45, 7) is 3.26. The van der Waals surface area contributed by atoms with Crippen molar-refractivity contribution in [3.05, 3.63) is 59.7 Å². The number of hydrogen-bond donors (Lipinski definition) is 1. The number of phenolic OH excluding ortho intramolecular Hbond substituents is 1. The highest BCUT2D eigenvalue weighted by Gasteiger charge is 2.32. The van der Waals surface area contributed by atoms with E-state index in [1.54, 1.807) is 23.9 Å². The molecule has 1 saturated heterocycles. The van der Waals surface area contributed by atoms with E-state index in [9.17, 15) is 9.90 Å². The summed E-state index contributed by atoms with van der Waals surface area (Å²) in [5.41, 5.74) is 2.21. The molecule has 1 fully saturated rings. The van der Waals surface area contributed by atoms with Gasteiger partial charge in [-0.1, -0.05) is 24.3 Å². The molecule has 1 aliphatic heterocycles. The molecule has 5 heteroatoms. The molecule has 4 nitrogen and oxygen atoms in total. The smallest absolute Gasteiger partial charge is 0.233 e. The fourth-order valence-electron chi connectivity index (χ4n) is 2.81. The largest absolute Gasteiger partial charge is 0.508 e. The lowest BCUT2D eigenvalue weighted by molar-refractivity contribution is -0.128. The Labute approximate surface area is 146 Å². The Morgan fingerprint density at radius 1 is 1.25 bits per heavy atom. The van der Waals surface area contributed by atoms with Crippen LogP contribution in [0.4, 0.5) is 0 Å². The fraction of sp³-hybridized carbons (Fsp3) is 0.316. The van der Waals surface area contributed by atoms with Gasteiger partial charge in [-0.2, -0.15) is 0 Å². The van der Waals surface area contributed by atoms with E-state index < -0.39 is 0 Å². The monoisotopic (exact) mass is 343 g/mol. The summed E-state index contributed by atoms with van der Waals surface area (Å²) >= 11 is 1.66. The third-order valence-electron chi connectivity index (χ3n) is 4.00. The quantitative estimate of drug-likeness (QED) is 0.870. The maximum atomic E-state index is 12.3. The highest BCUT2D eigenvalue weighted by atomic mass is 32.2. The molecule has 0 bridgehead atoms. The number of ether oxygens (including phenoxy) is 1. The van der Waals surface area contributed by atoms with Gasteiger partial charge in [-0.3, -0.25) is 4.79 Å². The minimum absolute atomic E-state index is 0.0371. The molecular weight excluding hydrogens is 322 g/mol. The van der Waals surface area contributed by atoms with E-state index in [0.29, 0.717) is 18.9 Å². The first-order chi connectivity index (χ1) is 11.7. The molecule has 2 aromatic carbocycles. The van der Waals surface area contributed by atoms with E-state index in [0.717, 1.165) is 23.3 Å². The molecule has 1 amide bonds. The average Bonchev–Trinajstić information content (AvgIpc) is 2.96. The Bertz CT molecular complexity index is 702. The molecular formula is C19H21NO3S. The van der Waals surface area contributed by atoms with Crippen molar-refractivity contribution in [2.75, 3.05) is 18.9 Å². The molecule has 24 heavy (non-hydrogen) atoms. The van der Waals surface area contributed by atoms with Crippen LogP contribution in [0, 0.1) is 0 Å². The molecule has 0 radical (unpaired) electrons. The number of benzene rings is 2. The van der Waals surface area contributed by atoms with Crippen molar-refractivity contribution in [1.82, 2.24) is 4.90 Å². The predicted molar refractivity (Wildman–Crippen MR) is 96.3 cm³/mol. The van der Waals surface area contributed by atoms with Crippen LogP contribution in [0.3, 0.4) is 0 Å². The molecule has 1 N–H and O–H groups in total. The Balaban J connectivity index is 1.72. The topological polar surface area (TPSA) is 49.8 Å². The van der Waals surface area contributed by atoms with Gasteiger partial charge < -0.3 is 14.7 Å². The minimum Gasteiger partial charge on any atom is -0.508 e. The van der Waals surface area contributed by atoms with Gasteiger partial charge in [0.25, 0.3) is 0 Å². The van der Waals surface area contributed by atoms with Crippen molar-refractivity contribution >= 4 is 17.7 Å². The average molecular weight is 343 g/mol. The van der Waals surface area contributed by atoms with Crippen LogP contribution in [-0.4, -0.2) is 34.8 Å². The molecule has 0 aliphatic carbocycles. The van der Waals surface area contributed by atoms with Crippen molar-refractivity contribution in [3.8, 4) is 11.5 Å². The maximum Gasteiger partial charge on any atom is 0.233 e. The molecule has 1 atom stereocenters. The number of hydrogen-bond acceptors (Lipinski definition) is 4. The van der Waals surface area contributed by atoms with Gasteiger partial charge in [-0.25, -0.2) is 0 Å². The van der Waals surface area contributed by atoms with Crippen molar-refractivity contribution in [3.63, 3.8) is 0 Å². The molecule has 126 valence electrons. The number of aromatic hydroxyl groups is 1. The van der Waals surface area contributed by atoms with E-state index in [1.807, 2.05) is 48.2 Å². The van der Waals surface area contributed by atoms with E-state index in [2.05, 4.69) is 0 Å². The maximum absolute atomic E-state index is 12.3. The van der Waals surface area contributed by atoms with E-state index >= 15 is 0 Å². The zero-order valence-electron chi connectivity index (χ0n) is 13.6. The van der Waals surface area contributed by atoms with Crippen LogP contribution in [-0.2, 0) is 11.2 Å². The van der Waals surface area contributed by atoms with Crippen LogP contribution in [0.2, 0.25) is 0 Å². The molecule has 0 aromatic heterocycles. The second-order valence-corrected chi connectivity index (χ2v) is 6.74. The number of carbonyl (C=O) groups is 1. The molecule has 1 heterocycles. The Kier molecular flexibility index (Phi) is 5.30. The third kappa shape index (κ3) is 3.85. The Morgan fingerprint density at radius 3 is 2.79 bits per heavy atom. The van der Waals surface area contributed by atoms with Crippen LogP contribution in [0.25, 0.3) is 0 Å². The molecule has 1 unspecified atom stereocenters. The van der Waals surface area contributed by atoms with Gasteiger partial charge >= 0.3 is 0 Å². The summed E-state index contributed by atoms with van der Waals surface area (Å²) in [6.07, 6.45) is 0.772. The van der Waals surface area contributed by atoms with Crippen LogP contribution in [0.1, 0.15) is 23.4 Å². The second-order valence-electron chi connectivity index (χ2n) is 5.67. The minimum atomic E-state index is 0.0371. The highest BCUT2D eigenvalue weighted by molar-refractivity contribution is 8.00. The van der Waals surface area contributed by atoms with Crippen molar-refractivity contribution in [2.45, 2.75) is 18.7 Å². The number of nitrogens with zero attached hydrogens (tertiary/aromatic N) is 1. The lowest BCUT2D eigenvalue weighted by Crippen LogP contribution is -2.30. The van der Waals surface area contributed by atoms with Gasteiger partial charge in [0, 0.05) is 6.54 Å². The van der Waals surface area contributed by atoms with Crippen LogP contribution in [0.5, 0.6) is 11.5 Å². The van der Waals surface area contributed by atoms with Gasteiger partial charge in [-0.05, 0) is 48.7 Å². The van der Waals surface area contributed by atoms with Gasteiger partial charge in [-0.15, -0.1) is 11.8 Å². The summed E-state index contributed by atoms with van der Waals surface area (Å²) in [7, 11) is 0. The Hall–Kier alpha value is -2.14. The first-order valence-corrected chi connectivity index (χ1v) is 9.14. The molecule has 3 rings (SSSR count). The summed E-state index contributed by atoms with van der Waals surface area (Å²) in [5, 5.41) is 9.40. The lowest BCUT2D eigenvalue weighted by atomic mass is 10.1. The Morgan fingerprint density at radius 2 is 2.04 bits per heavy atom. The zero-order valence-corrected chi connectivity index (χ0v) is 14.5. The summed E-state index contributed by atoms with van der Waals surface area (Å²) < 4.78 is 5.57. The fourth-order valence-corrected chi connectivity index (χ4v) is 4.02. The van der Waals surface area contributed by atoms with Crippen molar-refractivity contribution < 1.29 is 14.6 Å². The summed E-state index contributed by atoms with van der Waals surface area (Å²) in [4.78, 5) is 14.2. The molecule has 0 spiro atoms. The highest BCUT2D eigenvalue weighted by Crippen LogP contribution is 2.39. The van der Waals surface area contributed by atoms with E-state index in [4.69, 9.17) is 4.74 Å². The van der Waals surface area contributed by atoms with Gasteiger partial charge in [0.1, 0.15) is 16.9 Å². The van der Waals surface area contributed by atoms with E-state index in [1.165, 1.54) is 0 Å². The summed E-state index contributed by atoms with van der Waals surface area (Å²) in [6, 6.07) is 15.1. The van der Waals surface area contributed by atoms with Gasteiger partial charge in [0.15, 0.2) is 0 Å². The molecule has 2 aromatic rings. The zero-order chi connectivity index (χ0) is 16.9. The van der Waals surface area contributed by atoms with Crippen molar-refractivity contribution in [1.29, 1.82) is 0 Å². The molecule has 1 aliphatic rings. The first kappa shape index (κ1) is 16.7. The van der Waals surface area contributed by atoms with Gasteiger partial charge in [0.2, 0.25) is 5.91 Å². The van der Waals surface area contributed by atoms with E-state index in [-0.39, 0.29) is 17.0 Å². The molecule has 0 saturated carbocycles. The predicted octanol–water partition coefficient (Wildman–Crippen LogP) is 3.61. The number of thioether (sulfide) groups is 1. The van der Waals surface area contributed by atoms with Crippen LogP contribution < -0.4 is 4.74 Å². The van der Waals surface area contributed by atoms with Crippen LogP contribution in [0.15, 0.2) is 48.5 Å². The normalized spacial score (nSPS) is 17.3. The van der Waals surface area contributed by atoms with Crippen LogP contribution >= 0.6 is 11.8 Å². The number of rotatable bonds is 6. The number of carbonyl (C=O) groups excluding carboxylic acids is 1. The summed E-state index contributed by atoms with van der Waals surface area (Å²) in [5.74, 6) is 1.79. The SMILES string of the molecule is CCOc1cccc(C2SCC(=O)N2CCc2ccc(O)cc2)c1. The second kappa shape index (κ2) is 7.62. The van der Waals surface area contributed by atoms with Gasteiger partial charge in [0.05, 0.1) is 12.4 Å². The first-order valence-electron chi connectivity index (χ1n) is 8.09. The third-order valence-corrected chi connectivity index (χ3v) is 5.26. The lowest BCUT2D eigenvalue weighted by Gasteiger charge is -2.24.